The predicted molar refractivity (Wildman–Crippen MR) is 103 cm³/mol. The van der Waals surface area contributed by atoms with Crippen LogP contribution >= 0.6 is 0 Å². The molecule has 1 aliphatic heterocycles. The molecule has 0 radical (unpaired) electrons. The number of nitrogens with zero attached hydrogens (tertiary/aromatic N) is 4. The van der Waals surface area contributed by atoms with Gasteiger partial charge in [0.25, 0.3) is 0 Å². The number of hydrogen-bond donors (Lipinski definition) is 1. The van der Waals surface area contributed by atoms with Crippen molar-refractivity contribution in [3.8, 4) is 0 Å². The fourth-order valence-corrected chi connectivity index (χ4v) is 3.10. The highest BCUT2D eigenvalue weighted by Gasteiger charge is 2.19. The van der Waals surface area contributed by atoms with Crippen molar-refractivity contribution in [2.45, 2.75) is 13.8 Å². The molecular weight excluding hydrogens is 314 g/mol. The number of hydrogen-bond acceptors (Lipinski definition) is 6. The molecule has 134 valence electrons. The molecule has 0 spiro atoms. The normalized spacial score (nSPS) is 14.7. The van der Waals surface area contributed by atoms with Gasteiger partial charge in [0.2, 0.25) is 0 Å². The van der Waals surface area contributed by atoms with Crippen molar-refractivity contribution < 1.29 is 4.74 Å². The number of aryl methyl sites for hydroxylation is 2. The minimum atomic E-state index is 0.660. The molecule has 1 aromatic carbocycles. The summed E-state index contributed by atoms with van der Waals surface area (Å²) in [5.74, 6) is 2.65. The van der Waals surface area contributed by atoms with Crippen LogP contribution in [-0.4, -0.2) is 56.4 Å². The van der Waals surface area contributed by atoms with E-state index in [4.69, 9.17) is 4.74 Å². The van der Waals surface area contributed by atoms with Crippen molar-refractivity contribution in [1.82, 2.24) is 9.97 Å². The SMILES string of the molecule is COCCNc1cc(N2CCN(c3cccc(C)c3)CC2)nc(C)n1. The van der Waals surface area contributed by atoms with Crippen molar-refractivity contribution in [3.63, 3.8) is 0 Å². The number of benzene rings is 1. The van der Waals surface area contributed by atoms with E-state index in [2.05, 4.69) is 56.3 Å². The zero-order valence-electron chi connectivity index (χ0n) is 15.3. The van der Waals surface area contributed by atoms with Gasteiger partial charge < -0.3 is 19.9 Å². The standard InChI is InChI=1S/C19H27N5O/c1-15-5-4-6-17(13-15)23-8-10-24(11-9-23)19-14-18(20-7-12-25-3)21-16(2)22-19/h4-6,13-14H,7-12H2,1-3H3,(H,20,21,22). The molecule has 0 saturated carbocycles. The molecule has 6 heteroatoms. The number of anilines is 3. The summed E-state index contributed by atoms with van der Waals surface area (Å²) in [5, 5.41) is 3.29. The second-order valence-electron chi connectivity index (χ2n) is 6.39. The summed E-state index contributed by atoms with van der Waals surface area (Å²) in [4.78, 5) is 13.9. The highest BCUT2D eigenvalue weighted by molar-refractivity contribution is 5.53. The Kier molecular flexibility index (Phi) is 5.71. The molecule has 3 rings (SSSR count). The zero-order chi connectivity index (χ0) is 17.6. The molecule has 0 aliphatic carbocycles. The van der Waals surface area contributed by atoms with E-state index in [0.717, 1.165) is 50.2 Å². The van der Waals surface area contributed by atoms with Crippen LogP contribution in [0.15, 0.2) is 30.3 Å². The Morgan fingerprint density at radius 2 is 1.80 bits per heavy atom. The first-order chi connectivity index (χ1) is 12.2. The zero-order valence-corrected chi connectivity index (χ0v) is 15.3. The molecule has 0 atom stereocenters. The van der Waals surface area contributed by atoms with Gasteiger partial charge in [-0.3, -0.25) is 0 Å². The van der Waals surface area contributed by atoms with E-state index >= 15 is 0 Å². The number of rotatable bonds is 6. The molecule has 1 saturated heterocycles. The van der Waals surface area contributed by atoms with Crippen LogP contribution in [0.3, 0.4) is 0 Å². The number of aromatic nitrogens is 2. The van der Waals surface area contributed by atoms with Crippen LogP contribution in [0.4, 0.5) is 17.3 Å². The fourth-order valence-electron chi connectivity index (χ4n) is 3.10. The second-order valence-corrected chi connectivity index (χ2v) is 6.39. The molecule has 1 aromatic heterocycles. The largest absolute Gasteiger partial charge is 0.383 e. The van der Waals surface area contributed by atoms with E-state index in [-0.39, 0.29) is 0 Å². The Morgan fingerprint density at radius 3 is 2.52 bits per heavy atom. The Hall–Kier alpha value is -2.34. The quantitative estimate of drug-likeness (QED) is 0.815. The summed E-state index contributed by atoms with van der Waals surface area (Å²) >= 11 is 0. The van der Waals surface area contributed by atoms with E-state index in [1.807, 2.05) is 13.0 Å². The van der Waals surface area contributed by atoms with Gasteiger partial charge in [-0.2, -0.15) is 0 Å². The minimum absolute atomic E-state index is 0.660. The van der Waals surface area contributed by atoms with E-state index in [1.54, 1.807) is 7.11 Å². The Labute approximate surface area is 149 Å². The van der Waals surface area contributed by atoms with Crippen LogP contribution in [0.5, 0.6) is 0 Å². The third-order valence-electron chi connectivity index (χ3n) is 4.41. The van der Waals surface area contributed by atoms with Gasteiger partial charge in [-0.25, -0.2) is 9.97 Å². The van der Waals surface area contributed by atoms with Crippen LogP contribution in [0, 0.1) is 13.8 Å². The fraction of sp³-hybridized carbons (Fsp3) is 0.474. The van der Waals surface area contributed by atoms with Gasteiger partial charge in [-0.15, -0.1) is 0 Å². The van der Waals surface area contributed by atoms with Crippen molar-refractivity contribution >= 4 is 17.3 Å². The molecule has 1 fully saturated rings. The molecule has 2 heterocycles. The van der Waals surface area contributed by atoms with E-state index < -0.39 is 0 Å². The smallest absolute Gasteiger partial charge is 0.134 e. The predicted octanol–water partition coefficient (Wildman–Crippen LogP) is 2.48. The molecule has 1 N–H and O–H groups in total. The molecule has 6 nitrogen and oxygen atoms in total. The lowest BCUT2D eigenvalue weighted by molar-refractivity contribution is 0.210. The lowest BCUT2D eigenvalue weighted by Gasteiger charge is -2.37. The topological polar surface area (TPSA) is 53.5 Å². The van der Waals surface area contributed by atoms with Crippen LogP contribution in [0.25, 0.3) is 0 Å². The Bertz CT molecular complexity index is 698. The van der Waals surface area contributed by atoms with Crippen LogP contribution in [0.1, 0.15) is 11.4 Å². The van der Waals surface area contributed by atoms with Crippen molar-refractivity contribution in [1.29, 1.82) is 0 Å². The third kappa shape index (κ3) is 4.60. The van der Waals surface area contributed by atoms with Crippen molar-refractivity contribution in [2.24, 2.45) is 0 Å². The average Bonchev–Trinajstić information content (AvgIpc) is 2.62. The van der Waals surface area contributed by atoms with Gasteiger partial charge >= 0.3 is 0 Å². The maximum atomic E-state index is 5.08. The first kappa shape index (κ1) is 17.5. The first-order valence-corrected chi connectivity index (χ1v) is 8.81. The lowest BCUT2D eigenvalue weighted by atomic mass is 10.2. The Balaban J connectivity index is 1.64. The summed E-state index contributed by atoms with van der Waals surface area (Å²) in [7, 11) is 1.70. The third-order valence-corrected chi connectivity index (χ3v) is 4.41. The van der Waals surface area contributed by atoms with Gasteiger partial charge in [0.1, 0.15) is 17.5 Å². The van der Waals surface area contributed by atoms with Crippen LogP contribution in [-0.2, 0) is 4.74 Å². The van der Waals surface area contributed by atoms with Gasteiger partial charge in [0, 0.05) is 51.6 Å². The molecule has 1 aliphatic rings. The summed E-state index contributed by atoms with van der Waals surface area (Å²) in [6.07, 6.45) is 0. The van der Waals surface area contributed by atoms with E-state index in [0.29, 0.717) is 6.61 Å². The minimum Gasteiger partial charge on any atom is -0.383 e. The summed E-state index contributed by atoms with van der Waals surface area (Å²) < 4.78 is 5.08. The molecular formula is C19H27N5O. The van der Waals surface area contributed by atoms with Gasteiger partial charge in [-0.1, -0.05) is 12.1 Å². The average molecular weight is 341 g/mol. The number of methoxy groups -OCH3 is 1. The van der Waals surface area contributed by atoms with Crippen molar-refractivity contribution in [2.75, 3.05) is 61.6 Å². The molecule has 0 amide bonds. The summed E-state index contributed by atoms with van der Waals surface area (Å²) in [6.45, 7) is 9.40. The maximum Gasteiger partial charge on any atom is 0.134 e. The van der Waals surface area contributed by atoms with Gasteiger partial charge in [0.15, 0.2) is 0 Å². The second kappa shape index (κ2) is 8.16. The molecule has 25 heavy (non-hydrogen) atoms. The summed E-state index contributed by atoms with van der Waals surface area (Å²) in [5.41, 5.74) is 2.61. The lowest BCUT2D eigenvalue weighted by Crippen LogP contribution is -2.47. The molecule has 2 aromatic rings. The number of nitrogens with one attached hydrogen (secondary N) is 1. The Morgan fingerprint density at radius 1 is 1.04 bits per heavy atom. The first-order valence-electron chi connectivity index (χ1n) is 8.81. The number of piperazine rings is 1. The van der Waals surface area contributed by atoms with Crippen molar-refractivity contribution in [3.05, 3.63) is 41.7 Å². The number of ether oxygens (including phenoxy) is 1. The van der Waals surface area contributed by atoms with Crippen LogP contribution < -0.4 is 15.1 Å². The molecule has 0 unspecified atom stereocenters. The van der Waals surface area contributed by atoms with Gasteiger partial charge in [0.05, 0.1) is 6.61 Å². The van der Waals surface area contributed by atoms with Gasteiger partial charge in [-0.05, 0) is 31.5 Å². The van der Waals surface area contributed by atoms with E-state index in [9.17, 15) is 0 Å². The highest BCUT2D eigenvalue weighted by atomic mass is 16.5. The monoisotopic (exact) mass is 341 g/mol. The van der Waals surface area contributed by atoms with E-state index in [1.165, 1.54) is 11.3 Å². The van der Waals surface area contributed by atoms with Crippen LogP contribution in [0.2, 0.25) is 0 Å². The molecule has 0 bridgehead atoms. The maximum absolute atomic E-state index is 5.08. The summed E-state index contributed by atoms with van der Waals surface area (Å²) in [6, 6.07) is 10.7. The highest BCUT2D eigenvalue weighted by Crippen LogP contribution is 2.21.